The Balaban J connectivity index is 1.71. The summed E-state index contributed by atoms with van der Waals surface area (Å²) >= 11 is 0. The fourth-order valence-electron chi connectivity index (χ4n) is 4.01. The molecule has 0 radical (unpaired) electrons. The minimum atomic E-state index is -3.80. The standard InChI is InChI=1S/C26H35N3O4S/c1-5-15-27-24(30)20-9-7-16-29(18-20)25(31)19-8-6-10-22(17-19)28-34(32,33)23-13-11-21(12-14-23)26(2,3)4/h6,8,10-14,17,20,28H,5,7,9,15-16,18H2,1-4H3,(H,27,30)/t20-/m0/s1. The molecule has 2 aromatic carbocycles. The molecule has 34 heavy (non-hydrogen) atoms. The van der Waals surface area contributed by atoms with Crippen molar-refractivity contribution < 1.29 is 18.0 Å². The van der Waals surface area contributed by atoms with Crippen molar-refractivity contribution in [3.63, 3.8) is 0 Å². The summed E-state index contributed by atoms with van der Waals surface area (Å²) in [7, 11) is -3.80. The van der Waals surface area contributed by atoms with Crippen molar-refractivity contribution in [3.05, 3.63) is 59.7 Å². The van der Waals surface area contributed by atoms with Crippen LogP contribution in [-0.4, -0.2) is 44.8 Å². The summed E-state index contributed by atoms with van der Waals surface area (Å²) in [4.78, 5) is 27.3. The highest BCUT2D eigenvalue weighted by Crippen LogP contribution is 2.25. The molecule has 8 heteroatoms. The van der Waals surface area contributed by atoms with Gasteiger partial charge in [0.25, 0.3) is 15.9 Å². The lowest BCUT2D eigenvalue weighted by atomic mass is 9.87. The van der Waals surface area contributed by atoms with Crippen LogP contribution in [0.25, 0.3) is 0 Å². The number of amides is 2. The zero-order chi connectivity index (χ0) is 24.9. The largest absolute Gasteiger partial charge is 0.356 e. The third-order valence-corrected chi connectivity index (χ3v) is 7.42. The van der Waals surface area contributed by atoms with Crippen LogP contribution in [0.3, 0.4) is 0 Å². The van der Waals surface area contributed by atoms with Gasteiger partial charge in [0.05, 0.1) is 10.8 Å². The van der Waals surface area contributed by atoms with Gasteiger partial charge >= 0.3 is 0 Å². The summed E-state index contributed by atoms with van der Waals surface area (Å²) < 4.78 is 28.4. The number of nitrogens with one attached hydrogen (secondary N) is 2. The molecule has 2 amide bonds. The topological polar surface area (TPSA) is 95.6 Å². The van der Waals surface area contributed by atoms with Gasteiger partial charge in [0.1, 0.15) is 0 Å². The molecule has 7 nitrogen and oxygen atoms in total. The first-order chi connectivity index (χ1) is 16.0. The molecule has 1 saturated heterocycles. The Morgan fingerprint density at radius 1 is 1.09 bits per heavy atom. The second kappa shape index (κ2) is 10.6. The van der Waals surface area contributed by atoms with E-state index in [4.69, 9.17) is 0 Å². The number of sulfonamides is 1. The van der Waals surface area contributed by atoms with Gasteiger partial charge in [-0.15, -0.1) is 0 Å². The molecule has 1 fully saturated rings. The number of hydrogen-bond acceptors (Lipinski definition) is 4. The van der Waals surface area contributed by atoms with Crippen molar-refractivity contribution in [2.75, 3.05) is 24.4 Å². The number of anilines is 1. The van der Waals surface area contributed by atoms with Crippen molar-refractivity contribution in [2.24, 2.45) is 5.92 Å². The van der Waals surface area contributed by atoms with Gasteiger partial charge in [-0.05, 0) is 60.6 Å². The van der Waals surface area contributed by atoms with E-state index in [9.17, 15) is 18.0 Å². The van der Waals surface area contributed by atoms with Gasteiger partial charge in [0, 0.05) is 30.9 Å². The number of hydrogen-bond donors (Lipinski definition) is 2. The highest BCUT2D eigenvalue weighted by molar-refractivity contribution is 7.92. The molecule has 0 aromatic heterocycles. The maximum absolute atomic E-state index is 13.1. The molecule has 0 bridgehead atoms. The van der Waals surface area contributed by atoms with E-state index in [1.165, 1.54) is 0 Å². The summed E-state index contributed by atoms with van der Waals surface area (Å²) in [5.74, 6) is -0.441. The SMILES string of the molecule is CCCNC(=O)[C@H]1CCCN(C(=O)c2cccc(NS(=O)(=O)c3ccc(C(C)(C)C)cc3)c2)C1. The van der Waals surface area contributed by atoms with Gasteiger partial charge in [-0.2, -0.15) is 0 Å². The molecule has 1 aliphatic rings. The van der Waals surface area contributed by atoms with Crippen LogP contribution in [0, 0.1) is 5.92 Å². The molecule has 0 spiro atoms. The molecule has 2 aromatic rings. The van der Waals surface area contributed by atoms with E-state index in [2.05, 4.69) is 30.8 Å². The summed E-state index contributed by atoms with van der Waals surface area (Å²) in [6.07, 6.45) is 2.38. The molecule has 1 heterocycles. The van der Waals surface area contributed by atoms with E-state index in [1.54, 1.807) is 41.3 Å². The number of carbonyl (C=O) groups excluding carboxylic acids is 2. The number of carbonyl (C=O) groups is 2. The van der Waals surface area contributed by atoms with Crippen LogP contribution in [0.4, 0.5) is 5.69 Å². The van der Waals surface area contributed by atoms with E-state index in [0.717, 1.165) is 24.8 Å². The predicted molar refractivity (Wildman–Crippen MR) is 134 cm³/mol. The Morgan fingerprint density at radius 2 is 1.79 bits per heavy atom. The molecule has 0 unspecified atom stereocenters. The number of rotatable bonds is 7. The van der Waals surface area contributed by atoms with Crippen LogP contribution in [-0.2, 0) is 20.2 Å². The molecule has 184 valence electrons. The smallest absolute Gasteiger partial charge is 0.261 e. The molecule has 3 rings (SSSR count). The maximum Gasteiger partial charge on any atom is 0.261 e. The lowest BCUT2D eigenvalue weighted by Crippen LogP contribution is -2.45. The highest BCUT2D eigenvalue weighted by Gasteiger charge is 2.29. The van der Waals surface area contributed by atoms with Crippen LogP contribution < -0.4 is 10.0 Å². The van der Waals surface area contributed by atoms with Crippen molar-refractivity contribution >= 4 is 27.5 Å². The third-order valence-electron chi connectivity index (χ3n) is 6.02. The van der Waals surface area contributed by atoms with Gasteiger partial charge in [-0.3, -0.25) is 14.3 Å². The Kier molecular flexibility index (Phi) is 8.02. The minimum Gasteiger partial charge on any atom is -0.356 e. The molecular formula is C26H35N3O4S. The first-order valence-electron chi connectivity index (χ1n) is 11.8. The molecule has 1 aliphatic heterocycles. The van der Waals surface area contributed by atoms with Crippen LogP contribution in [0.5, 0.6) is 0 Å². The number of piperidine rings is 1. The van der Waals surface area contributed by atoms with Gasteiger partial charge in [0.2, 0.25) is 5.91 Å². The van der Waals surface area contributed by atoms with Gasteiger partial charge in [0.15, 0.2) is 0 Å². The summed E-state index contributed by atoms with van der Waals surface area (Å²) in [5.41, 5.74) is 1.68. The lowest BCUT2D eigenvalue weighted by molar-refractivity contribution is -0.126. The fraction of sp³-hybridized carbons (Fsp3) is 0.462. The van der Waals surface area contributed by atoms with Crippen LogP contribution in [0.1, 0.15) is 62.9 Å². The average Bonchev–Trinajstić information content (AvgIpc) is 2.81. The van der Waals surface area contributed by atoms with Crippen LogP contribution in [0.15, 0.2) is 53.4 Å². The minimum absolute atomic E-state index is 0.0154. The number of likely N-dealkylation sites (tertiary alicyclic amines) is 1. The highest BCUT2D eigenvalue weighted by atomic mass is 32.2. The van der Waals surface area contributed by atoms with E-state index < -0.39 is 10.0 Å². The molecule has 2 N–H and O–H groups in total. The Bertz CT molecular complexity index is 1120. The monoisotopic (exact) mass is 485 g/mol. The maximum atomic E-state index is 13.1. The Labute approximate surface area is 203 Å². The van der Waals surface area contributed by atoms with Crippen LogP contribution in [0.2, 0.25) is 0 Å². The summed E-state index contributed by atoms with van der Waals surface area (Å²) in [5, 5.41) is 2.91. The number of nitrogens with zero attached hydrogens (tertiary/aromatic N) is 1. The van der Waals surface area contributed by atoms with E-state index >= 15 is 0 Å². The van der Waals surface area contributed by atoms with E-state index in [-0.39, 0.29) is 28.0 Å². The number of benzene rings is 2. The van der Waals surface area contributed by atoms with Gasteiger partial charge in [-0.25, -0.2) is 8.42 Å². The van der Waals surface area contributed by atoms with Crippen molar-refractivity contribution in [1.82, 2.24) is 10.2 Å². The summed E-state index contributed by atoms with van der Waals surface area (Å²) in [6.45, 7) is 9.78. The first-order valence-corrected chi connectivity index (χ1v) is 13.3. The van der Waals surface area contributed by atoms with E-state index in [1.807, 2.05) is 19.1 Å². The molecule has 1 atom stereocenters. The van der Waals surface area contributed by atoms with Crippen molar-refractivity contribution in [1.29, 1.82) is 0 Å². The van der Waals surface area contributed by atoms with Crippen LogP contribution >= 0.6 is 0 Å². The molecule has 0 aliphatic carbocycles. The average molecular weight is 486 g/mol. The van der Waals surface area contributed by atoms with Crippen molar-refractivity contribution in [2.45, 2.75) is 57.3 Å². The Morgan fingerprint density at radius 3 is 2.44 bits per heavy atom. The predicted octanol–water partition coefficient (Wildman–Crippen LogP) is 4.16. The fourth-order valence-corrected chi connectivity index (χ4v) is 5.06. The molecular weight excluding hydrogens is 450 g/mol. The summed E-state index contributed by atoms with van der Waals surface area (Å²) in [6, 6.07) is 13.3. The van der Waals surface area contributed by atoms with Gasteiger partial charge in [-0.1, -0.05) is 45.9 Å². The Hall–Kier alpha value is -2.87. The zero-order valence-electron chi connectivity index (χ0n) is 20.4. The second-order valence-corrected chi connectivity index (χ2v) is 11.5. The quantitative estimate of drug-likeness (QED) is 0.615. The molecule has 0 saturated carbocycles. The van der Waals surface area contributed by atoms with E-state index in [0.29, 0.717) is 30.9 Å². The zero-order valence-corrected chi connectivity index (χ0v) is 21.2. The van der Waals surface area contributed by atoms with Gasteiger partial charge < -0.3 is 10.2 Å². The third kappa shape index (κ3) is 6.38. The lowest BCUT2D eigenvalue weighted by Gasteiger charge is -2.32. The first kappa shape index (κ1) is 25.7. The second-order valence-electron chi connectivity index (χ2n) is 9.84. The normalized spacial score (nSPS) is 16.7. The van der Waals surface area contributed by atoms with Crippen molar-refractivity contribution in [3.8, 4) is 0 Å².